The third kappa shape index (κ3) is 1.46. The van der Waals surface area contributed by atoms with E-state index < -0.39 is 0 Å². The van der Waals surface area contributed by atoms with Crippen molar-refractivity contribution in [3.05, 3.63) is 28.8 Å². The van der Waals surface area contributed by atoms with Crippen molar-refractivity contribution in [2.24, 2.45) is 0 Å². The Hall–Kier alpha value is -1.16. The summed E-state index contributed by atoms with van der Waals surface area (Å²) in [5, 5.41) is 0. The van der Waals surface area contributed by atoms with Gasteiger partial charge >= 0.3 is 0 Å². The van der Waals surface area contributed by atoms with E-state index in [1.54, 1.807) is 6.07 Å². The molecule has 0 unspecified atom stereocenters. The van der Waals surface area contributed by atoms with E-state index in [9.17, 15) is 4.39 Å². The van der Waals surface area contributed by atoms with E-state index in [2.05, 4.69) is 11.9 Å². The number of rotatable bonds is 2. The summed E-state index contributed by atoms with van der Waals surface area (Å²) < 4.78 is 15.6. The van der Waals surface area contributed by atoms with Gasteiger partial charge in [0.25, 0.3) is 0 Å². The third-order valence-corrected chi connectivity index (χ3v) is 2.51. The number of H-pyrrole nitrogens is 1. The Balaban J connectivity index is 2.73. The van der Waals surface area contributed by atoms with Gasteiger partial charge in [-0.15, -0.1) is 0 Å². The van der Waals surface area contributed by atoms with Crippen molar-refractivity contribution in [2.75, 3.05) is 0 Å². The highest BCUT2D eigenvalue weighted by Gasteiger charge is 2.03. The molecule has 14 heavy (non-hydrogen) atoms. The molecule has 74 valence electrons. The molecule has 1 aromatic heterocycles. The smallest absolute Gasteiger partial charge is 0.178 e. The number of hydrogen-bond donors (Lipinski definition) is 1. The normalized spacial score (nSPS) is 11.0. The highest BCUT2D eigenvalue weighted by atomic mass is 32.1. The van der Waals surface area contributed by atoms with Crippen LogP contribution in [0.4, 0.5) is 4.39 Å². The molecule has 0 fully saturated rings. The number of aromatic nitrogens is 2. The molecule has 1 N–H and O–H groups in total. The number of aryl methyl sites for hydroxylation is 1. The summed E-state index contributed by atoms with van der Waals surface area (Å²) in [6.45, 7) is 2.89. The first-order valence-electron chi connectivity index (χ1n) is 4.60. The SMILES string of the molecule is CCCn1c(=S)[nH]c2ccc(F)cc21. The van der Waals surface area contributed by atoms with Crippen molar-refractivity contribution in [1.29, 1.82) is 0 Å². The lowest BCUT2D eigenvalue weighted by Gasteiger charge is -2.00. The fourth-order valence-electron chi connectivity index (χ4n) is 1.57. The number of halogens is 1. The Morgan fingerprint density at radius 3 is 3.00 bits per heavy atom. The van der Waals surface area contributed by atoms with Gasteiger partial charge in [0.05, 0.1) is 11.0 Å². The molecular weight excluding hydrogens is 199 g/mol. The van der Waals surface area contributed by atoms with Crippen LogP contribution in [0.25, 0.3) is 11.0 Å². The highest BCUT2D eigenvalue weighted by molar-refractivity contribution is 7.71. The molecule has 0 aliphatic rings. The molecule has 0 aliphatic heterocycles. The van der Waals surface area contributed by atoms with Crippen molar-refractivity contribution >= 4 is 23.3 Å². The van der Waals surface area contributed by atoms with Gasteiger partial charge in [-0.3, -0.25) is 0 Å². The monoisotopic (exact) mass is 210 g/mol. The molecule has 0 aliphatic carbocycles. The number of aromatic amines is 1. The number of hydrogen-bond acceptors (Lipinski definition) is 1. The van der Waals surface area contributed by atoms with Gasteiger partial charge in [-0.05, 0) is 36.8 Å². The largest absolute Gasteiger partial charge is 0.331 e. The first kappa shape index (κ1) is 9.40. The molecule has 2 nitrogen and oxygen atoms in total. The molecular formula is C10H11FN2S. The fourth-order valence-corrected chi connectivity index (χ4v) is 1.87. The number of nitrogens with one attached hydrogen (secondary N) is 1. The van der Waals surface area contributed by atoms with E-state index >= 15 is 0 Å². The Labute approximate surface area is 86.4 Å². The predicted octanol–water partition coefficient (Wildman–Crippen LogP) is 3.25. The second kappa shape index (κ2) is 3.53. The molecule has 0 amide bonds. The number of fused-ring (bicyclic) bond motifs is 1. The van der Waals surface area contributed by atoms with Crippen molar-refractivity contribution in [3.8, 4) is 0 Å². The van der Waals surface area contributed by atoms with Crippen LogP contribution in [-0.2, 0) is 6.54 Å². The Bertz CT molecular complexity index is 512. The number of benzene rings is 1. The lowest BCUT2D eigenvalue weighted by Crippen LogP contribution is -1.96. The van der Waals surface area contributed by atoms with Crippen LogP contribution in [-0.4, -0.2) is 9.55 Å². The van der Waals surface area contributed by atoms with Crippen LogP contribution in [0.3, 0.4) is 0 Å². The van der Waals surface area contributed by atoms with Crippen LogP contribution in [0.15, 0.2) is 18.2 Å². The summed E-state index contributed by atoms with van der Waals surface area (Å²) in [6.07, 6.45) is 0.984. The highest BCUT2D eigenvalue weighted by Crippen LogP contribution is 2.15. The maximum atomic E-state index is 13.0. The van der Waals surface area contributed by atoms with Crippen LogP contribution >= 0.6 is 12.2 Å². The number of nitrogens with zero attached hydrogens (tertiary/aromatic N) is 1. The van der Waals surface area contributed by atoms with Crippen LogP contribution in [0.5, 0.6) is 0 Å². The van der Waals surface area contributed by atoms with Gasteiger partial charge < -0.3 is 9.55 Å². The Morgan fingerprint density at radius 2 is 2.29 bits per heavy atom. The van der Waals surface area contributed by atoms with E-state index in [1.807, 2.05) is 4.57 Å². The zero-order valence-electron chi connectivity index (χ0n) is 7.88. The van der Waals surface area contributed by atoms with Crippen LogP contribution in [0, 0.1) is 10.6 Å². The molecule has 0 bridgehead atoms. The van der Waals surface area contributed by atoms with Crippen LogP contribution in [0.2, 0.25) is 0 Å². The molecule has 0 spiro atoms. The molecule has 0 atom stereocenters. The Morgan fingerprint density at radius 1 is 1.50 bits per heavy atom. The summed E-state index contributed by atoms with van der Waals surface area (Å²) in [5.74, 6) is -0.226. The van der Waals surface area contributed by atoms with Crippen LogP contribution < -0.4 is 0 Å². The van der Waals surface area contributed by atoms with Gasteiger partial charge in [0.1, 0.15) is 5.82 Å². The van der Waals surface area contributed by atoms with Gasteiger partial charge in [-0.25, -0.2) is 4.39 Å². The van der Waals surface area contributed by atoms with Gasteiger partial charge in [-0.2, -0.15) is 0 Å². The van der Waals surface area contributed by atoms with Gasteiger partial charge in [0.15, 0.2) is 4.77 Å². The minimum absolute atomic E-state index is 0.226. The van der Waals surface area contributed by atoms with Gasteiger partial charge in [-0.1, -0.05) is 6.92 Å². The molecule has 2 rings (SSSR count). The van der Waals surface area contributed by atoms with Crippen molar-refractivity contribution in [3.63, 3.8) is 0 Å². The second-order valence-electron chi connectivity index (χ2n) is 3.24. The van der Waals surface area contributed by atoms with Crippen molar-refractivity contribution in [1.82, 2.24) is 9.55 Å². The molecule has 0 saturated carbocycles. The first-order valence-corrected chi connectivity index (χ1v) is 5.01. The zero-order chi connectivity index (χ0) is 10.1. The summed E-state index contributed by atoms with van der Waals surface area (Å²) in [5.41, 5.74) is 1.74. The predicted molar refractivity (Wildman–Crippen MR) is 57.4 cm³/mol. The molecule has 4 heteroatoms. The minimum atomic E-state index is -0.226. The standard InChI is InChI=1S/C10H11FN2S/c1-2-5-13-9-6-7(11)3-4-8(9)12-10(13)14/h3-4,6H,2,5H2,1H3,(H,12,14). The summed E-state index contributed by atoms with van der Waals surface area (Å²) >= 11 is 5.15. The van der Waals surface area contributed by atoms with Crippen molar-refractivity contribution in [2.45, 2.75) is 19.9 Å². The minimum Gasteiger partial charge on any atom is -0.331 e. The van der Waals surface area contributed by atoms with Gasteiger partial charge in [0.2, 0.25) is 0 Å². The van der Waals surface area contributed by atoms with Gasteiger partial charge in [0, 0.05) is 6.54 Å². The molecule has 1 aromatic carbocycles. The van der Waals surface area contributed by atoms with E-state index in [4.69, 9.17) is 12.2 Å². The fraction of sp³-hybridized carbons (Fsp3) is 0.300. The average molecular weight is 210 g/mol. The number of imidazole rings is 1. The molecule has 0 saturated heterocycles. The summed E-state index contributed by atoms with van der Waals surface area (Å²) in [6, 6.07) is 4.66. The van der Waals surface area contributed by atoms with E-state index in [0.29, 0.717) is 4.77 Å². The molecule has 2 aromatic rings. The summed E-state index contributed by atoms with van der Waals surface area (Å²) in [4.78, 5) is 3.05. The molecule has 0 radical (unpaired) electrons. The quantitative estimate of drug-likeness (QED) is 0.754. The van der Waals surface area contributed by atoms with Crippen molar-refractivity contribution < 1.29 is 4.39 Å². The second-order valence-corrected chi connectivity index (χ2v) is 3.63. The maximum Gasteiger partial charge on any atom is 0.178 e. The van der Waals surface area contributed by atoms with E-state index in [-0.39, 0.29) is 5.82 Å². The summed E-state index contributed by atoms with van der Waals surface area (Å²) in [7, 11) is 0. The molecule has 1 heterocycles. The lowest BCUT2D eigenvalue weighted by molar-refractivity contribution is 0.626. The lowest BCUT2D eigenvalue weighted by atomic mass is 10.3. The topological polar surface area (TPSA) is 20.7 Å². The Kier molecular flexibility index (Phi) is 2.37. The van der Waals surface area contributed by atoms with Crippen LogP contribution in [0.1, 0.15) is 13.3 Å². The zero-order valence-corrected chi connectivity index (χ0v) is 8.70. The average Bonchev–Trinajstić information content (AvgIpc) is 2.45. The first-order chi connectivity index (χ1) is 6.72. The maximum absolute atomic E-state index is 13.0. The van der Waals surface area contributed by atoms with E-state index in [1.165, 1.54) is 12.1 Å². The van der Waals surface area contributed by atoms with E-state index in [0.717, 1.165) is 24.0 Å². The third-order valence-electron chi connectivity index (χ3n) is 2.18.